The summed E-state index contributed by atoms with van der Waals surface area (Å²) in [6.45, 7) is 5.53. The molecule has 0 aliphatic rings. The molecular formula is C17H19NO3. The van der Waals surface area contributed by atoms with Crippen LogP contribution in [0.3, 0.4) is 0 Å². The van der Waals surface area contributed by atoms with Gasteiger partial charge in [-0.2, -0.15) is 0 Å². The summed E-state index contributed by atoms with van der Waals surface area (Å²) in [5.74, 6) is -0.524. The number of benzene rings is 1. The van der Waals surface area contributed by atoms with E-state index in [1.54, 1.807) is 12.4 Å². The van der Waals surface area contributed by atoms with Crippen LogP contribution in [0.5, 0.6) is 0 Å². The molecule has 0 fully saturated rings. The van der Waals surface area contributed by atoms with Gasteiger partial charge in [0.1, 0.15) is 0 Å². The topological polar surface area (TPSA) is 48.3 Å². The standard InChI is InChI=1S/C17H19NO3/c1-17(2,3)16(20)18-10-13(12-8-6-5-7-9-12)14(11-18)15(19)21-4/h5-11H,1-4H3. The summed E-state index contributed by atoms with van der Waals surface area (Å²) in [5.41, 5.74) is 1.43. The lowest BCUT2D eigenvalue weighted by molar-refractivity contribution is 0.0601. The highest BCUT2D eigenvalue weighted by Crippen LogP contribution is 2.27. The van der Waals surface area contributed by atoms with Crippen molar-refractivity contribution >= 4 is 11.9 Å². The lowest BCUT2D eigenvalue weighted by Gasteiger charge is -2.16. The Balaban J connectivity index is 2.56. The second kappa shape index (κ2) is 5.56. The van der Waals surface area contributed by atoms with E-state index < -0.39 is 11.4 Å². The number of carbonyl (C=O) groups excluding carboxylic acids is 2. The average molecular weight is 285 g/mol. The molecule has 0 saturated carbocycles. The molecule has 0 bridgehead atoms. The smallest absolute Gasteiger partial charge is 0.340 e. The van der Waals surface area contributed by atoms with Crippen LogP contribution in [0.4, 0.5) is 0 Å². The Labute approximate surface area is 124 Å². The van der Waals surface area contributed by atoms with Gasteiger partial charge in [0.25, 0.3) is 0 Å². The second-order valence-electron chi connectivity index (χ2n) is 5.91. The largest absolute Gasteiger partial charge is 0.465 e. The van der Waals surface area contributed by atoms with Crippen LogP contribution in [-0.2, 0) is 4.74 Å². The lowest BCUT2D eigenvalue weighted by Crippen LogP contribution is -2.25. The first-order valence-corrected chi connectivity index (χ1v) is 6.75. The zero-order valence-electron chi connectivity index (χ0n) is 12.7. The maximum absolute atomic E-state index is 12.4. The van der Waals surface area contributed by atoms with Crippen molar-refractivity contribution in [1.29, 1.82) is 0 Å². The van der Waals surface area contributed by atoms with Crippen LogP contribution >= 0.6 is 0 Å². The summed E-state index contributed by atoms with van der Waals surface area (Å²) in [4.78, 5) is 24.3. The molecule has 2 aromatic rings. The molecule has 0 spiro atoms. The summed E-state index contributed by atoms with van der Waals surface area (Å²) < 4.78 is 6.28. The van der Waals surface area contributed by atoms with E-state index >= 15 is 0 Å². The van der Waals surface area contributed by atoms with Crippen LogP contribution in [0.15, 0.2) is 42.7 Å². The van der Waals surface area contributed by atoms with Gasteiger partial charge in [0.05, 0.1) is 12.7 Å². The zero-order chi connectivity index (χ0) is 15.6. The number of aromatic nitrogens is 1. The van der Waals surface area contributed by atoms with Crippen molar-refractivity contribution in [2.75, 3.05) is 7.11 Å². The highest BCUT2D eigenvalue weighted by molar-refractivity contribution is 5.99. The molecule has 0 radical (unpaired) electrons. The number of esters is 1. The van der Waals surface area contributed by atoms with E-state index in [0.29, 0.717) is 11.1 Å². The molecule has 0 aliphatic carbocycles. The van der Waals surface area contributed by atoms with Crippen LogP contribution in [0.25, 0.3) is 11.1 Å². The molecule has 0 aliphatic heterocycles. The molecule has 0 unspecified atom stereocenters. The van der Waals surface area contributed by atoms with Crippen LogP contribution in [0, 0.1) is 5.41 Å². The molecule has 2 rings (SSSR count). The predicted octanol–water partition coefficient (Wildman–Crippen LogP) is 3.63. The molecule has 21 heavy (non-hydrogen) atoms. The van der Waals surface area contributed by atoms with Crippen molar-refractivity contribution in [1.82, 2.24) is 4.57 Å². The average Bonchev–Trinajstić information content (AvgIpc) is 2.90. The van der Waals surface area contributed by atoms with Gasteiger partial charge in [0.2, 0.25) is 5.91 Å². The van der Waals surface area contributed by atoms with Crippen molar-refractivity contribution in [3.05, 3.63) is 48.3 Å². The Hall–Kier alpha value is -2.36. The maximum atomic E-state index is 12.4. The molecule has 0 N–H and O–H groups in total. The predicted molar refractivity (Wildman–Crippen MR) is 81.3 cm³/mol. The summed E-state index contributed by atoms with van der Waals surface area (Å²) >= 11 is 0. The monoisotopic (exact) mass is 285 g/mol. The summed E-state index contributed by atoms with van der Waals surface area (Å²) in [5, 5.41) is 0. The number of nitrogens with zero attached hydrogens (tertiary/aromatic N) is 1. The van der Waals surface area contributed by atoms with Gasteiger partial charge in [0.15, 0.2) is 0 Å². The van der Waals surface area contributed by atoms with Crippen molar-refractivity contribution < 1.29 is 14.3 Å². The molecular weight excluding hydrogens is 266 g/mol. The Morgan fingerprint density at radius 3 is 2.19 bits per heavy atom. The number of hydrogen-bond donors (Lipinski definition) is 0. The summed E-state index contributed by atoms with van der Waals surface area (Å²) in [6.07, 6.45) is 3.23. The van der Waals surface area contributed by atoms with Crippen molar-refractivity contribution in [2.24, 2.45) is 5.41 Å². The van der Waals surface area contributed by atoms with E-state index in [2.05, 4.69) is 0 Å². The van der Waals surface area contributed by atoms with E-state index in [-0.39, 0.29) is 5.91 Å². The third kappa shape index (κ3) is 3.05. The van der Waals surface area contributed by atoms with Crippen LogP contribution in [-0.4, -0.2) is 23.6 Å². The molecule has 4 nitrogen and oxygen atoms in total. The molecule has 0 amide bonds. The second-order valence-corrected chi connectivity index (χ2v) is 5.91. The number of ether oxygens (including phenoxy) is 1. The number of hydrogen-bond acceptors (Lipinski definition) is 3. The highest BCUT2D eigenvalue weighted by Gasteiger charge is 2.26. The minimum Gasteiger partial charge on any atom is -0.465 e. The Bertz CT molecular complexity index is 663. The van der Waals surface area contributed by atoms with Gasteiger partial charge in [-0.1, -0.05) is 51.1 Å². The SMILES string of the molecule is COC(=O)c1cn(C(=O)C(C)(C)C)cc1-c1ccccc1. The molecule has 0 atom stereocenters. The normalized spacial score (nSPS) is 11.2. The van der Waals surface area contributed by atoms with E-state index in [1.165, 1.54) is 11.7 Å². The van der Waals surface area contributed by atoms with Gasteiger partial charge in [-0.05, 0) is 5.56 Å². The molecule has 1 heterocycles. The molecule has 1 aromatic carbocycles. The van der Waals surface area contributed by atoms with Crippen LogP contribution in [0.1, 0.15) is 35.9 Å². The van der Waals surface area contributed by atoms with Gasteiger partial charge >= 0.3 is 5.97 Å². The van der Waals surface area contributed by atoms with Gasteiger partial charge in [-0.25, -0.2) is 4.79 Å². The van der Waals surface area contributed by atoms with Gasteiger partial charge in [-0.3, -0.25) is 9.36 Å². The third-order valence-electron chi connectivity index (χ3n) is 3.19. The first-order valence-electron chi connectivity index (χ1n) is 6.75. The minimum absolute atomic E-state index is 0.0742. The van der Waals surface area contributed by atoms with Crippen molar-refractivity contribution in [3.63, 3.8) is 0 Å². The van der Waals surface area contributed by atoms with E-state index in [0.717, 1.165) is 5.56 Å². The first-order chi connectivity index (χ1) is 9.84. The Kier molecular flexibility index (Phi) is 3.98. The minimum atomic E-state index is -0.527. The van der Waals surface area contributed by atoms with E-state index in [9.17, 15) is 9.59 Å². The highest BCUT2D eigenvalue weighted by atomic mass is 16.5. The fraction of sp³-hybridized carbons (Fsp3) is 0.294. The third-order valence-corrected chi connectivity index (χ3v) is 3.19. The Morgan fingerprint density at radius 2 is 1.67 bits per heavy atom. The summed E-state index contributed by atoms with van der Waals surface area (Å²) in [7, 11) is 1.33. The molecule has 0 saturated heterocycles. The fourth-order valence-corrected chi connectivity index (χ4v) is 2.08. The number of methoxy groups -OCH3 is 1. The number of rotatable bonds is 2. The first kappa shape index (κ1) is 15.0. The Morgan fingerprint density at radius 1 is 1.05 bits per heavy atom. The molecule has 1 aromatic heterocycles. The molecule has 4 heteroatoms. The van der Waals surface area contributed by atoms with Gasteiger partial charge in [-0.15, -0.1) is 0 Å². The van der Waals surface area contributed by atoms with Gasteiger partial charge in [0, 0.05) is 23.4 Å². The van der Waals surface area contributed by atoms with Crippen molar-refractivity contribution in [3.8, 4) is 11.1 Å². The quantitative estimate of drug-likeness (QED) is 0.792. The van der Waals surface area contributed by atoms with E-state index in [1.807, 2.05) is 51.1 Å². The van der Waals surface area contributed by atoms with E-state index in [4.69, 9.17) is 4.74 Å². The zero-order valence-corrected chi connectivity index (χ0v) is 12.7. The van der Waals surface area contributed by atoms with Crippen molar-refractivity contribution in [2.45, 2.75) is 20.8 Å². The fourth-order valence-electron chi connectivity index (χ4n) is 2.08. The lowest BCUT2D eigenvalue weighted by atomic mass is 9.96. The maximum Gasteiger partial charge on any atom is 0.340 e. The van der Waals surface area contributed by atoms with Gasteiger partial charge < -0.3 is 4.74 Å². The van der Waals surface area contributed by atoms with Crippen LogP contribution < -0.4 is 0 Å². The number of carbonyl (C=O) groups is 2. The molecule has 110 valence electrons. The summed E-state index contributed by atoms with van der Waals surface area (Å²) in [6, 6.07) is 9.47. The van der Waals surface area contributed by atoms with Crippen LogP contribution in [0.2, 0.25) is 0 Å².